The van der Waals surface area contributed by atoms with Crippen LogP contribution in [0.5, 0.6) is 17.2 Å². The van der Waals surface area contributed by atoms with Gasteiger partial charge in [0.25, 0.3) is 0 Å². The monoisotopic (exact) mass is 562 g/mol. The minimum Gasteiger partial charge on any atom is -0.497 e. The van der Waals surface area contributed by atoms with Gasteiger partial charge in [0, 0.05) is 29.5 Å². The van der Waals surface area contributed by atoms with E-state index in [9.17, 15) is 9.90 Å². The third-order valence-electron chi connectivity index (χ3n) is 6.96. The van der Waals surface area contributed by atoms with Crippen LogP contribution in [0.15, 0.2) is 116 Å². The molecule has 41 heavy (non-hydrogen) atoms. The van der Waals surface area contributed by atoms with E-state index in [1.807, 2.05) is 95.7 Å². The maximum absolute atomic E-state index is 11.7. The number of thiocarbonyl (C=S) groups is 1. The fourth-order valence-electron chi connectivity index (χ4n) is 5.05. The summed E-state index contributed by atoms with van der Waals surface area (Å²) in [6.45, 7) is 0. The van der Waals surface area contributed by atoms with Gasteiger partial charge in [-0.3, -0.25) is 4.98 Å². The number of aromatic carboxylic acids is 1. The first-order valence-electron chi connectivity index (χ1n) is 13.0. The zero-order valence-electron chi connectivity index (χ0n) is 22.0. The van der Waals surface area contributed by atoms with Gasteiger partial charge in [0.1, 0.15) is 23.3 Å². The van der Waals surface area contributed by atoms with Gasteiger partial charge in [-0.15, -0.1) is 0 Å². The fourth-order valence-corrected chi connectivity index (χ4v) is 5.39. The van der Waals surface area contributed by atoms with E-state index >= 15 is 0 Å². The third-order valence-corrected chi connectivity index (χ3v) is 7.28. The number of aromatic nitrogens is 2. The summed E-state index contributed by atoms with van der Waals surface area (Å²) in [6, 6.07) is 31.3. The summed E-state index contributed by atoms with van der Waals surface area (Å²) in [5.74, 6) is 1.17. The Bertz CT molecular complexity index is 1690. The third kappa shape index (κ3) is 5.22. The van der Waals surface area contributed by atoms with Crippen LogP contribution in [0.2, 0.25) is 0 Å². The topological polar surface area (TPSA) is 88.9 Å². The smallest absolute Gasteiger partial charge is 0.335 e. The highest BCUT2D eigenvalue weighted by Gasteiger charge is 2.42. The summed E-state index contributed by atoms with van der Waals surface area (Å²) in [4.78, 5) is 18.4. The second-order valence-electron chi connectivity index (χ2n) is 9.43. The molecule has 0 spiro atoms. The van der Waals surface area contributed by atoms with Crippen molar-refractivity contribution in [2.24, 2.45) is 0 Å². The van der Waals surface area contributed by atoms with Crippen LogP contribution in [-0.2, 0) is 0 Å². The van der Waals surface area contributed by atoms with E-state index in [1.54, 1.807) is 31.5 Å². The molecule has 3 heterocycles. The average Bonchev–Trinajstić information content (AvgIpc) is 3.63. The first-order valence-corrected chi connectivity index (χ1v) is 13.4. The molecule has 5 aromatic rings. The van der Waals surface area contributed by atoms with E-state index in [4.69, 9.17) is 21.7 Å². The number of methoxy groups -OCH3 is 1. The number of nitrogens with zero attached hydrogens (tertiary/aromatic N) is 3. The zero-order chi connectivity index (χ0) is 28.3. The lowest BCUT2D eigenvalue weighted by Crippen LogP contribution is -2.30. The van der Waals surface area contributed by atoms with Crippen molar-refractivity contribution in [1.82, 2.24) is 14.9 Å². The molecule has 204 valence electrons. The van der Waals surface area contributed by atoms with Gasteiger partial charge in [-0.2, -0.15) is 0 Å². The van der Waals surface area contributed by atoms with Crippen molar-refractivity contribution in [3.8, 4) is 22.9 Å². The SMILES string of the molecule is COc1ccc(Oc2ccc(N3C(=S)N[C@@H](c4ccccn4)[C@H]3c3cccn3-c3cccc(C(=O)O)c3)cc2)cc1. The van der Waals surface area contributed by atoms with E-state index < -0.39 is 5.97 Å². The van der Waals surface area contributed by atoms with Gasteiger partial charge in [-0.25, -0.2) is 4.79 Å². The second-order valence-corrected chi connectivity index (χ2v) is 9.81. The minimum absolute atomic E-state index is 0.216. The van der Waals surface area contributed by atoms with E-state index in [1.165, 1.54) is 0 Å². The Morgan fingerprint density at radius 3 is 2.29 bits per heavy atom. The number of pyridine rings is 1. The van der Waals surface area contributed by atoms with Crippen LogP contribution < -0.4 is 19.7 Å². The Morgan fingerprint density at radius 2 is 1.61 bits per heavy atom. The molecule has 2 N–H and O–H groups in total. The van der Waals surface area contributed by atoms with Crippen molar-refractivity contribution in [1.29, 1.82) is 0 Å². The molecule has 0 unspecified atom stereocenters. The summed E-state index contributed by atoms with van der Waals surface area (Å²) >= 11 is 5.88. The number of ether oxygens (including phenoxy) is 2. The molecule has 1 fully saturated rings. The van der Waals surface area contributed by atoms with Crippen LogP contribution in [0.3, 0.4) is 0 Å². The lowest BCUT2D eigenvalue weighted by atomic mass is 10.0. The number of carboxylic acids is 1. The van der Waals surface area contributed by atoms with Crippen LogP contribution in [0.25, 0.3) is 5.69 Å². The van der Waals surface area contributed by atoms with Crippen LogP contribution in [0.1, 0.15) is 33.8 Å². The lowest BCUT2D eigenvalue weighted by Gasteiger charge is -2.29. The Morgan fingerprint density at radius 1 is 0.878 bits per heavy atom. The number of carbonyl (C=O) groups is 1. The number of anilines is 1. The second kappa shape index (κ2) is 11.1. The molecule has 0 bridgehead atoms. The molecule has 0 aliphatic carbocycles. The van der Waals surface area contributed by atoms with Crippen molar-refractivity contribution in [2.75, 3.05) is 12.0 Å². The molecule has 3 aromatic carbocycles. The van der Waals surface area contributed by atoms with Crippen LogP contribution in [0.4, 0.5) is 5.69 Å². The van der Waals surface area contributed by atoms with Gasteiger partial charge < -0.3 is 29.4 Å². The maximum Gasteiger partial charge on any atom is 0.335 e. The molecule has 8 nitrogen and oxygen atoms in total. The van der Waals surface area contributed by atoms with Crippen molar-refractivity contribution in [2.45, 2.75) is 12.1 Å². The molecule has 9 heteroatoms. The van der Waals surface area contributed by atoms with E-state index in [0.29, 0.717) is 16.6 Å². The summed E-state index contributed by atoms with van der Waals surface area (Å²) in [6.07, 6.45) is 3.69. The standard InChI is InChI=1S/C32H26N4O4S/c1-39-24-14-16-26(17-15-24)40-25-12-10-22(11-13-25)36-30(29(34-32(36)41)27-8-2-3-18-33-27)28-9-5-19-35(28)23-7-4-6-21(20-23)31(37)38/h2-20,29-30H,1H3,(H,34,41)(H,37,38)/t29-,30+/m0/s1. The first kappa shape index (κ1) is 26.1. The highest BCUT2D eigenvalue weighted by Crippen LogP contribution is 2.42. The fraction of sp³-hybridized carbons (Fsp3) is 0.0938. The van der Waals surface area contributed by atoms with Crippen LogP contribution in [0, 0.1) is 0 Å². The van der Waals surface area contributed by atoms with Gasteiger partial charge in [0.15, 0.2) is 5.11 Å². The Kier molecular flexibility index (Phi) is 7.09. The van der Waals surface area contributed by atoms with Crippen LogP contribution in [-0.4, -0.2) is 32.8 Å². The highest BCUT2D eigenvalue weighted by atomic mass is 32.1. The van der Waals surface area contributed by atoms with Gasteiger partial charge in [0.05, 0.1) is 24.4 Å². The predicted octanol–water partition coefficient (Wildman–Crippen LogP) is 6.55. The minimum atomic E-state index is -0.978. The first-order chi connectivity index (χ1) is 20.0. The molecule has 1 aliphatic heterocycles. The van der Waals surface area contributed by atoms with E-state index in [-0.39, 0.29) is 17.6 Å². The molecule has 6 rings (SSSR count). The van der Waals surface area contributed by atoms with E-state index in [0.717, 1.165) is 28.5 Å². The van der Waals surface area contributed by atoms with Crippen molar-refractivity contribution < 1.29 is 19.4 Å². The van der Waals surface area contributed by atoms with Gasteiger partial charge in [-0.1, -0.05) is 12.1 Å². The number of carboxylic acid groups (broad SMARTS) is 1. The van der Waals surface area contributed by atoms with Crippen LogP contribution >= 0.6 is 12.2 Å². The molecular formula is C32H26N4O4S. The Hall–Kier alpha value is -5.15. The maximum atomic E-state index is 11.7. The largest absolute Gasteiger partial charge is 0.497 e. The van der Waals surface area contributed by atoms with E-state index in [2.05, 4.69) is 15.2 Å². The van der Waals surface area contributed by atoms with Crippen molar-refractivity contribution in [3.63, 3.8) is 0 Å². The number of nitrogens with one attached hydrogen (secondary N) is 1. The number of hydrogen-bond acceptors (Lipinski definition) is 5. The average molecular weight is 563 g/mol. The van der Waals surface area contributed by atoms with Crippen molar-refractivity contribution >= 4 is 29.0 Å². The molecule has 0 saturated carbocycles. The summed E-state index contributed by atoms with van der Waals surface area (Å²) in [5.41, 5.74) is 3.60. The lowest BCUT2D eigenvalue weighted by molar-refractivity contribution is 0.0697. The molecular weight excluding hydrogens is 536 g/mol. The quantitative estimate of drug-likeness (QED) is 0.206. The summed E-state index contributed by atoms with van der Waals surface area (Å²) in [7, 11) is 1.63. The summed E-state index contributed by atoms with van der Waals surface area (Å²) < 4.78 is 13.3. The molecule has 2 aromatic heterocycles. The molecule has 1 saturated heterocycles. The highest BCUT2D eigenvalue weighted by molar-refractivity contribution is 7.80. The zero-order valence-corrected chi connectivity index (χ0v) is 22.9. The Labute approximate surface area is 242 Å². The predicted molar refractivity (Wildman–Crippen MR) is 160 cm³/mol. The number of rotatable bonds is 8. The molecule has 0 radical (unpaired) electrons. The van der Waals surface area contributed by atoms with Gasteiger partial charge in [0.2, 0.25) is 0 Å². The molecule has 2 atom stereocenters. The van der Waals surface area contributed by atoms with Gasteiger partial charge in [-0.05, 0) is 103 Å². The molecule has 0 amide bonds. The molecule has 1 aliphatic rings. The van der Waals surface area contributed by atoms with Crippen molar-refractivity contribution in [3.05, 3.63) is 132 Å². The number of benzene rings is 3. The van der Waals surface area contributed by atoms with Gasteiger partial charge >= 0.3 is 5.97 Å². The normalized spacial score (nSPS) is 16.3. The Balaban J connectivity index is 1.38. The summed E-state index contributed by atoms with van der Waals surface area (Å²) in [5, 5.41) is 13.6. The number of hydrogen-bond donors (Lipinski definition) is 2.